The maximum absolute atomic E-state index is 12.2. The predicted molar refractivity (Wildman–Crippen MR) is 65.4 cm³/mol. The average Bonchev–Trinajstić information content (AvgIpc) is 2.35. The molecule has 4 nitrogen and oxygen atoms in total. The van der Waals surface area contributed by atoms with Gasteiger partial charge in [0.05, 0.1) is 11.8 Å². The number of aliphatic carboxylic acids is 1. The van der Waals surface area contributed by atoms with Gasteiger partial charge in [0.25, 0.3) is 0 Å². The minimum Gasteiger partial charge on any atom is -0.481 e. The first-order valence-electron chi connectivity index (χ1n) is 5.89. The minimum atomic E-state index is -0.887. The van der Waals surface area contributed by atoms with E-state index in [-0.39, 0.29) is 5.91 Å². The van der Waals surface area contributed by atoms with Crippen molar-refractivity contribution in [2.45, 2.75) is 19.8 Å². The number of rotatable bonds is 5. The van der Waals surface area contributed by atoms with Gasteiger partial charge in [0.1, 0.15) is 0 Å². The lowest BCUT2D eigenvalue weighted by molar-refractivity contribution is -0.150. The molecule has 1 aliphatic carbocycles. The Morgan fingerprint density at radius 2 is 2.00 bits per heavy atom. The molecule has 0 radical (unpaired) electrons. The molecule has 0 unspecified atom stereocenters. The van der Waals surface area contributed by atoms with Crippen molar-refractivity contribution in [1.29, 1.82) is 0 Å². The second-order valence-corrected chi connectivity index (χ2v) is 4.16. The van der Waals surface area contributed by atoms with Crippen LogP contribution in [0.4, 0.5) is 0 Å². The Balaban J connectivity index is 2.81. The van der Waals surface area contributed by atoms with E-state index in [1.807, 2.05) is 19.1 Å². The van der Waals surface area contributed by atoms with E-state index in [1.165, 1.54) is 0 Å². The van der Waals surface area contributed by atoms with Crippen molar-refractivity contribution in [1.82, 2.24) is 4.90 Å². The Morgan fingerprint density at radius 1 is 1.41 bits per heavy atom. The number of carbonyl (C=O) groups excluding carboxylic acids is 1. The van der Waals surface area contributed by atoms with Crippen LogP contribution in [-0.2, 0) is 9.59 Å². The molecule has 0 aromatic heterocycles. The van der Waals surface area contributed by atoms with Crippen LogP contribution in [0.5, 0.6) is 0 Å². The third kappa shape index (κ3) is 3.19. The van der Waals surface area contributed by atoms with Crippen LogP contribution in [0.15, 0.2) is 24.8 Å². The zero-order valence-corrected chi connectivity index (χ0v) is 10.1. The zero-order valence-electron chi connectivity index (χ0n) is 10.1. The number of nitrogens with zero attached hydrogens (tertiary/aromatic N) is 1. The molecule has 0 aromatic carbocycles. The maximum Gasteiger partial charge on any atom is 0.307 e. The van der Waals surface area contributed by atoms with E-state index in [1.54, 1.807) is 11.0 Å². The fraction of sp³-hybridized carbons (Fsp3) is 0.538. The Hall–Kier alpha value is -1.58. The van der Waals surface area contributed by atoms with Gasteiger partial charge < -0.3 is 10.0 Å². The largest absolute Gasteiger partial charge is 0.481 e. The quantitative estimate of drug-likeness (QED) is 0.740. The Labute approximate surface area is 102 Å². The zero-order chi connectivity index (χ0) is 12.8. The molecule has 1 N–H and O–H groups in total. The highest BCUT2D eigenvalue weighted by atomic mass is 16.4. The van der Waals surface area contributed by atoms with Crippen LogP contribution in [0.25, 0.3) is 0 Å². The van der Waals surface area contributed by atoms with Crippen molar-refractivity contribution in [3.05, 3.63) is 24.8 Å². The van der Waals surface area contributed by atoms with E-state index in [9.17, 15) is 9.59 Å². The first kappa shape index (κ1) is 13.5. The van der Waals surface area contributed by atoms with Crippen molar-refractivity contribution in [2.75, 3.05) is 13.1 Å². The molecule has 0 saturated carbocycles. The number of amides is 1. The summed E-state index contributed by atoms with van der Waals surface area (Å²) in [5, 5.41) is 9.12. The Kier molecular flexibility index (Phi) is 4.94. The molecule has 17 heavy (non-hydrogen) atoms. The molecule has 0 fully saturated rings. The van der Waals surface area contributed by atoms with E-state index < -0.39 is 17.8 Å². The van der Waals surface area contributed by atoms with Crippen molar-refractivity contribution in [3.8, 4) is 0 Å². The SMILES string of the molecule is C=CCN(CC)C(=O)[C@@H]1CC=CC[C@@H]1C(=O)O. The summed E-state index contributed by atoms with van der Waals surface area (Å²) in [6, 6.07) is 0. The van der Waals surface area contributed by atoms with E-state index in [0.717, 1.165) is 0 Å². The molecule has 0 aromatic rings. The highest BCUT2D eigenvalue weighted by molar-refractivity contribution is 5.85. The van der Waals surface area contributed by atoms with Gasteiger partial charge >= 0.3 is 5.97 Å². The summed E-state index contributed by atoms with van der Waals surface area (Å²) in [5.41, 5.74) is 0. The summed E-state index contributed by atoms with van der Waals surface area (Å²) < 4.78 is 0. The summed E-state index contributed by atoms with van der Waals surface area (Å²) in [6.45, 7) is 6.55. The van der Waals surface area contributed by atoms with Crippen LogP contribution in [0, 0.1) is 11.8 Å². The van der Waals surface area contributed by atoms with Gasteiger partial charge in [-0.1, -0.05) is 18.2 Å². The third-order valence-corrected chi connectivity index (χ3v) is 3.11. The van der Waals surface area contributed by atoms with Crippen LogP contribution in [-0.4, -0.2) is 35.0 Å². The summed E-state index contributed by atoms with van der Waals surface area (Å²) in [4.78, 5) is 25.0. The molecular formula is C13H19NO3. The van der Waals surface area contributed by atoms with Gasteiger partial charge in [-0.05, 0) is 19.8 Å². The van der Waals surface area contributed by atoms with Gasteiger partial charge in [-0.25, -0.2) is 0 Å². The molecule has 0 bridgehead atoms. The fourth-order valence-electron chi connectivity index (χ4n) is 2.13. The van der Waals surface area contributed by atoms with Crippen molar-refractivity contribution < 1.29 is 14.7 Å². The number of hydrogen-bond donors (Lipinski definition) is 1. The number of likely N-dealkylation sites (N-methyl/N-ethyl adjacent to an activating group) is 1. The smallest absolute Gasteiger partial charge is 0.307 e. The van der Waals surface area contributed by atoms with Gasteiger partial charge in [-0.3, -0.25) is 9.59 Å². The van der Waals surface area contributed by atoms with Gasteiger partial charge in [0.2, 0.25) is 5.91 Å². The summed E-state index contributed by atoms with van der Waals surface area (Å²) in [6.07, 6.45) is 6.35. The predicted octanol–water partition coefficient (Wildman–Crippen LogP) is 1.69. The lowest BCUT2D eigenvalue weighted by Gasteiger charge is -2.29. The van der Waals surface area contributed by atoms with Crippen LogP contribution >= 0.6 is 0 Å². The maximum atomic E-state index is 12.2. The van der Waals surface area contributed by atoms with Crippen molar-refractivity contribution >= 4 is 11.9 Å². The van der Waals surface area contributed by atoms with Crippen molar-refractivity contribution in [3.63, 3.8) is 0 Å². The molecule has 0 spiro atoms. The summed E-state index contributed by atoms with van der Waals surface area (Å²) in [5.74, 6) is -1.99. The molecule has 0 aliphatic heterocycles. The monoisotopic (exact) mass is 237 g/mol. The molecule has 94 valence electrons. The summed E-state index contributed by atoms with van der Waals surface area (Å²) in [7, 11) is 0. The standard InChI is InChI=1S/C13H19NO3/c1-3-9-14(4-2)12(15)10-7-5-6-8-11(10)13(16)17/h3,5-6,10-11H,1,4,7-9H2,2H3,(H,16,17)/t10-,11+/m1/s1. The number of carboxylic acid groups (broad SMARTS) is 1. The normalized spacial score (nSPS) is 23.1. The second kappa shape index (κ2) is 6.23. The summed E-state index contributed by atoms with van der Waals surface area (Å²) >= 11 is 0. The van der Waals surface area contributed by atoms with Crippen LogP contribution in [0.2, 0.25) is 0 Å². The van der Waals surface area contributed by atoms with Crippen LogP contribution < -0.4 is 0 Å². The highest BCUT2D eigenvalue weighted by Crippen LogP contribution is 2.27. The van der Waals surface area contributed by atoms with Gasteiger partial charge in [0, 0.05) is 13.1 Å². The third-order valence-electron chi connectivity index (χ3n) is 3.11. The highest BCUT2D eigenvalue weighted by Gasteiger charge is 2.35. The van der Waals surface area contributed by atoms with Crippen LogP contribution in [0.3, 0.4) is 0 Å². The van der Waals surface area contributed by atoms with Gasteiger partial charge in [0.15, 0.2) is 0 Å². The van der Waals surface area contributed by atoms with Gasteiger partial charge in [-0.2, -0.15) is 0 Å². The van der Waals surface area contributed by atoms with E-state index in [2.05, 4.69) is 6.58 Å². The number of hydrogen-bond acceptors (Lipinski definition) is 2. The fourth-order valence-corrected chi connectivity index (χ4v) is 2.13. The average molecular weight is 237 g/mol. The Bertz CT molecular complexity index is 336. The topological polar surface area (TPSA) is 57.6 Å². The molecule has 0 heterocycles. The van der Waals surface area contributed by atoms with E-state index in [0.29, 0.717) is 25.9 Å². The molecule has 1 aliphatic rings. The molecule has 2 atom stereocenters. The van der Waals surface area contributed by atoms with Gasteiger partial charge in [-0.15, -0.1) is 6.58 Å². The first-order chi connectivity index (χ1) is 8.11. The molecule has 4 heteroatoms. The molecule has 1 amide bonds. The minimum absolute atomic E-state index is 0.0795. The van der Waals surface area contributed by atoms with E-state index >= 15 is 0 Å². The number of carbonyl (C=O) groups is 2. The first-order valence-corrected chi connectivity index (χ1v) is 5.89. The van der Waals surface area contributed by atoms with Crippen LogP contribution in [0.1, 0.15) is 19.8 Å². The van der Waals surface area contributed by atoms with Crippen molar-refractivity contribution in [2.24, 2.45) is 11.8 Å². The number of allylic oxidation sites excluding steroid dienone is 2. The lowest BCUT2D eigenvalue weighted by atomic mass is 9.82. The molecule has 0 saturated heterocycles. The lowest BCUT2D eigenvalue weighted by Crippen LogP contribution is -2.41. The van der Waals surface area contributed by atoms with E-state index in [4.69, 9.17) is 5.11 Å². The second-order valence-electron chi connectivity index (χ2n) is 4.16. The molecule has 1 rings (SSSR count). The number of carboxylic acids is 1. The molecular weight excluding hydrogens is 218 g/mol. The Morgan fingerprint density at radius 3 is 2.47 bits per heavy atom.